The van der Waals surface area contributed by atoms with E-state index in [4.69, 9.17) is 0 Å². The molecule has 2 aliphatic rings. The fraction of sp³-hybridized carbons (Fsp3) is 0.0182. The van der Waals surface area contributed by atoms with Crippen molar-refractivity contribution >= 4 is 61.9 Å². The Labute approximate surface area is 343 Å². The Morgan fingerprint density at radius 3 is 1.76 bits per heavy atom. The van der Waals surface area contributed by atoms with Crippen LogP contribution in [0.15, 0.2) is 224 Å². The van der Waals surface area contributed by atoms with Gasteiger partial charge in [-0.2, -0.15) is 0 Å². The van der Waals surface area contributed by atoms with Crippen LogP contribution in [0.1, 0.15) is 22.3 Å². The van der Waals surface area contributed by atoms with Gasteiger partial charge in [-0.25, -0.2) is 0 Å². The molecule has 10 aromatic rings. The summed E-state index contributed by atoms with van der Waals surface area (Å²) in [7, 11) is -3.47. The van der Waals surface area contributed by atoms with Crippen molar-refractivity contribution in [2.45, 2.75) is 5.41 Å². The maximum atomic E-state index is 16.9. The van der Waals surface area contributed by atoms with Gasteiger partial charge in [0.1, 0.15) is 0 Å². The van der Waals surface area contributed by atoms with E-state index in [-0.39, 0.29) is 0 Å². The van der Waals surface area contributed by atoms with Crippen LogP contribution in [0, 0.1) is 0 Å². The summed E-state index contributed by atoms with van der Waals surface area (Å²) < 4.78 is 19.3. The van der Waals surface area contributed by atoms with E-state index >= 15 is 4.57 Å². The van der Waals surface area contributed by atoms with Gasteiger partial charge in [-0.3, -0.25) is 0 Å². The lowest BCUT2D eigenvalue weighted by atomic mass is 9.62. The first kappa shape index (κ1) is 33.9. The van der Waals surface area contributed by atoms with Gasteiger partial charge in [0.2, 0.25) is 0 Å². The quantitative estimate of drug-likeness (QED) is 0.163. The Balaban J connectivity index is 1.19. The molecular weight excluding hydrogens is 736 g/mol. The Bertz CT molecular complexity index is 3300. The number of nitrogens with zero attached hydrogens (tertiary/aromatic N) is 2. The molecule has 278 valence electrons. The number of para-hydroxylation sites is 4. The molecular formula is C55H37N2OP. The minimum absolute atomic E-state index is 0.761. The van der Waals surface area contributed by atoms with E-state index < -0.39 is 12.6 Å². The first-order valence-electron chi connectivity index (χ1n) is 20.2. The molecule has 0 N–H and O–H groups in total. The van der Waals surface area contributed by atoms with E-state index in [1.165, 1.54) is 38.5 Å². The summed E-state index contributed by atoms with van der Waals surface area (Å²) in [4.78, 5) is 2.30. The Hall–Kier alpha value is -7.19. The molecule has 2 aliphatic heterocycles. The molecule has 4 heteroatoms. The Morgan fingerprint density at radius 2 is 0.966 bits per heavy atom. The van der Waals surface area contributed by atoms with E-state index in [9.17, 15) is 0 Å². The van der Waals surface area contributed by atoms with Gasteiger partial charge in [0.15, 0.2) is 7.14 Å². The topological polar surface area (TPSA) is 25.2 Å². The highest BCUT2D eigenvalue weighted by molar-refractivity contribution is 7.85. The van der Waals surface area contributed by atoms with E-state index in [1.807, 2.05) is 24.3 Å². The van der Waals surface area contributed by atoms with Crippen LogP contribution in [0.2, 0.25) is 0 Å². The molecule has 0 amide bonds. The molecule has 59 heavy (non-hydrogen) atoms. The predicted molar refractivity (Wildman–Crippen MR) is 246 cm³/mol. The van der Waals surface area contributed by atoms with Crippen molar-refractivity contribution in [3.05, 3.63) is 247 Å². The van der Waals surface area contributed by atoms with Crippen LogP contribution in [-0.2, 0) is 9.98 Å². The summed E-state index contributed by atoms with van der Waals surface area (Å²) in [6.07, 6.45) is 0. The third kappa shape index (κ3) is 4.68. The van der Waals surface area contributed by atoms with Crippen molar-refractivity contribution in [3.8, 4) is 16.8 Å². The normalized spacial score (nSPS) is 17.4. The van der Waals surface area contributed by atoms with Crippen LogP contribution in [0.4, 0.5) is 17.1 Å². The van der Waals surface area contributed by atoms with Crippen molar-refractivity contribution in [1.82, 2.24) is 4.57 Å². The third-order valence-electron chi connectivity index (χ3n) is 12.6. The lowest BCUT2D eigenvalue weighted by molar-refractivity contribution is 0.590. The molecule has 0 saturated heterocycles. The number of benzene rings is 9. The molecule has 2 unspecified atom stereocenters. The smallest absolute Gasteiger partial charge is 0.171 e. The van der Waals surface area contributed by atoms with E-state index in [1.54, 1.807) is 0 Å². The van der Waals surface area contributed by atoms with Gasteiger partial charge in [-0.05, 0) is 81.9 Å². The highest BCUT2D eigenvalue weighted by Gasteiger charge is 2.54. The average molecular weight is 773 g/mol. The summed E-state index contributed by atoms with van der Waals surface area (Å²) in [6.45, 7) is 0. The summed E-state index contributed by atoms with van der Waals surface area (Å²) >= 11 is 0. The number of aromatic nitrogens is 1. The summed E-state index contributed by atoms with van der Waals surface area (Å²) in [6, 6.07) is 79.6. The lowest BCUT2D eigenvalue weighted by Crippen LogP contribution is -2.48. The molecule has 3 nitrogen and oxygen atoms in total. The fourth-order valence-corrected chi connectivity index (χ4v) is 13.4. The molecule has 0 fully saturated rings. The van der Waals surface area contributed by atoms with Crippen LogP contribution in [0.5, 0.6) is 0 Å². The second-order valence-electron chi connectivity index (χ2n) is 15.6. The summed E-state index contributed by atoms with van der Waals surface area (Å²) in [5.74, 6) is 0. The Kier molecular flexibility index (Phi) is 7.42. The molecule has 3 heterocycles. The third-order valence-corrected chi connectivity index (χ3v) is 15.8. The van der Waals surface area contributed by atoms with Crippen LogP contribution in [-0.4, -0.2) is 4.57 Å². The fourth-order valence-electron chi connectivity index (χ4n) is 10.2. The van der Waals surface area contributed by atoms with Gasteiger partial charge in [0.25, 0.3) is 0 Å². The first-order chi connectivity index (χ1) is 29.2. The van der Waals surface area contributed by atoms with Crippen molar-refractivity contribution in [1.29, 1.82) is 0 Å². The second kappa shape index (κ2) is 12.9. The average Bonchev–Trinajstić information content (AvgIpc) is 3.66. The molecule has 0 bridgehead atoms. The number of hydrogen-bond acceptors (Lipinski definition) is 2. The zero-order chi connectivity index (χ0) is 39.1. The zero-order valence-electron chi connectivity index (χ0n) is 32.1. The monoisotopic (exact) mass is 772 g/mol. The van der Waals surface area contributed by atoms with E-state index in [2.05, 4.69) is 210 Å². The Morgan fingerprint density at radius 1 is 0.407 bits per heavy atom. The zero-order valence-corrected chi connectivity index (χ0v) is 33.0. The largest absolute Gasteiger partial charge is 0.310 e. The van der Waals surface area contributed by atoms with Crippen LogP contribution < -0.4 is 20.8 Å². The minimum atomic E-state index is -3.47. The number of rotatable bonds is 5. The summed E-state index contributed by atoms with van der Waals surface area (Å²) in [5.41, 5.74) is 12.6. The van der Waals surface area contributed by atoms with Gasteiger partial charge in [-0.15, -0.1) is 0 Å². The minimum Gasteiger partial charge on any atom is -0.310 e. The van der Waals surface area contributed by atoms with Crippen LogP contribution >= 0.6 is 7.14 Å². The van der Waals surface area contributed by atoms with Gasteiger partial charge in [0.05, 0.1) is 22.1 Å². The summed E-state index contributed by atoms with van der Waals surface area (Å²) in [5, 5.41) is 5.01. The van der Waals surface area contributed by atoms with Gasteiger partial charge in [-0.1, -0.05) is 176 Å². The molecule has 0 aliphatic carbocycles. The molecule has 0 saturated carbocycles. The maximum Gasteiger partial charge on any atom is 0.171 e. The molecule has 2 atom stereocenters. The van der Waals surface area contributed by atoms with Crippen LogP contribution in [0.3, 0.4) is 0 Å². The molecule has 9 aromatic carbocycles. The maximum absolute atomic E-state index is 16.9. The molecule has 1 spiro atoms. The molecule has 0 radical (unpaired) electrons. The molecule has 12 rings (SSSR count). The highest BCUT2D eigenvalue weighted by Crippen LogP contribution is 2.61. The number of hydrogen-bond donors (Lipinski definition) is 0. The van der Waals surface area contributed by atoms with Crippen molar-refractivity contribution in [3.63, 3.8) is 0 Å². The molecule has 1 aromatic heterocycles. The van der Waals surface area contributed by atoms with Crippen molar-refractivity contribution in [2.24, 2.45) is 0 Å². The van der Waals surface area contributed by atoms with Gasteiger partial charge >= 0.3 is 0 Å². The van der Waals surface area contributed by atoms with Crippen molar-refractivity contribution in [2.75, 3.05) is 4.90 Å². The lowest BCUT2D eigenvalue weighted by Gasteiger charge is -2.47. The number of fused-ring (bicyclic) bond motifs is 11. The van der Waals surface area contributed by atoms with Gasteiger partial charge < -0.3 is 14.0 Å². The van der Waals surface area contributed by atoms with Crippen molar-refractivity contribution < 1.29 is 4.57 Å². The van der Waals surface area contributed by atoms with Gasteiger partial charge in [0, 0.05) is 43.7 Å². The van der Waals surface area contributed by atoms with E-state index in [0.717, 1.165) is 55.4 Å². The predicted octanol–water partition coefficient (Wildman–Crippen LogP) is 12.6. The number of anilines is 3. The first-order valence-corrected chi connectivity index (χ1v) is 21.9. The SMILES string of the molecule is O=P1(c2ccccc2)c2ccccc2C2(c3ccccc3-n3c4ccccc4c4cccc2c43)c2ccc(N(c3ccccc3)c3ccc(-c4ccccc4)cc3)cc21. The standard InChI is InChI=1S/C55H37N2OP/c58-59(43-21-8-3-9-22-43)52-30-15-12-26-47(52)55(46-25-11-14-29-51(46)57-50-28-13-10-23-44(50)45-24-16-27-49(55)54(45)57)48-36-35-42(37-53(48)59)56(40-19-6-2-7-20-40)41-33-31-39(32-34-41)38-17-4-1-5-18-38/h1-37H. The van der Waals surface area contributed by atoms with Crippen LogP contribution in [0.25, 0.3) is 38.6 Å². The highest BCUT2D eigenvalue weighted by atomic mass is 31.2. The second-order valence-corrected chi connectivity index (χ2v) is 18.3. The van der Waals surface area contributed by atoms with E-state index in [0.29, 0.717) is 0 Å².